The van der Waals surface area contributed by atoms with Gasteiger partial charge in [0.1, 0.15) is 0 Å². The molecule has 1 fully saturated rings. The van der Waals surface area contributed by atoms with Crippen molar-refractivity contribution in [3.05, 3.63) is 35.4 Å². The molecule has 2 unspecified atom stereocenters. The Bertz CT molecular complexity index is 385. The highest BCUT2D eigenvalue weighted by atomic mass is 16.3. The van der Waals surface area contributed by atoms with Gasteiger partial charge in [-0.1, -0.05) is 56.0 Å². The Morgan fingerprint density at radius 1 is 1.28 bits per heavy atom. The van der Waals surface area contributed by atoms with Crippen LogP contribution in [0.25, 0.3) is 0 Å². The molecule has 1 aliphatic carbocycles. The average molecular weight is 246 g/mol. The molecule has 1 nitrogen and oxygen atoms in total. The van der Waals surface area contributed by atoms with Gasteiger partial charge in [-0.3, -0.25) is 0 Å². The predicted octanol–water partition coefficient (Wildman–Crippen LogP) is 4.56. The Hall–Kier alpha value is -0.820. The first-order valence-electron chi connectivity index (χ1n) is 7.43. The maximum Gasteiger partial charge on any atom is 0.0896 e. The minimum absolute atomic E-state index is 0.575. The summed E-state index contributed by atoms with van der Waals surface area (Å²) in [6, 6.07) is 8.41. The minimum Gasteiger partial charge on any atom is -0.385 e. The lowest BCUT2D eigenvalue weighted by Crippen LogP contribution is -2.24. The lowest BCUT2D eigenvalue weighted by molar-refractivity contribution is 0.0195. The monoisotopic (exact) mass is 246 g/mol. The third kappa shape index (κ3) is 3.14. The fourth-order valence-electron chi connectivity index (χ4n) is 3.32. The van der Waals surface area contributed by atoms with Gasteiger partial charge in [-0.05, 0) is 44.1 Å². The molecule has 0 aromatic heterocycles. The van der Waals surface area contributed by atoms with Gasteiger partial charge in [-0.15, -0.1) is 0 Å². The van der Waals surface area contributed by atoms with E-state index in [2.05, 4.69) is 38.1 Å². The molecule has 2 rings (SSSR count). The molecule has 18 heavy (non-hydrogen) atoms. The van der Waals surface area contributed by atoms with Crippen LogP contribution < -0.4 is 0 Å². The summed E-state index contributed by atoms with van der Waals surface area (Å²) in [5.41, 5.74) is 1.80. The molecule has 1 aliphatic rings. The standard InChI is InChI=1S/C17H26O/c1-3-6-15-8-5-11-17(18,12-10-15)16-9-4-7-14(2)13-16/h4,7,9,13,15,18H,3,5-6,8,10-12H2,1-2H3. The molecule has 0 radical (unpaired) electrons. The summed E-state index contributed by atoms with van der Waals surface area (Å²) in [5.74, 6) is 0.828. The molecule has 0 bridgehead atoms. The summed E-state index contributed by atoms with van der Waals surface area (Å²) in [6.07, 6.45) is 8.09. The zero-order chi connectivity index (χ0) is 13.0. The Morgan fingerprint density at radius 2 is 2.11 bits per heavy atom. The molecule has 0 heterocycles. The summed E-state index contributed by atoms with van der Waals surface area (Å²) in [6.45, 7) is 4.36. The quantitative estimate of drug-likeness (QED) is 0.775. The maximum atomic E-state index is 10.9. The minimum atomic E-state index is -0.575. The molecular formula is C17H26O. The van der Waals surface area contributed by atoms with Gasteiger partial charge < -0.3 is 5.11 Å². The van der Waals surface area contributed by atoms with Gasteiger partial charge in [0.2, 0.25) is 0 Å². The van der Waals surface area contributed by atoms with Crippen molar-refractivity contribution in [2.24, 2.45) is 5.92 Å². The van der Waals surface area contributed by atoms with Crippen LogP contribution in [-0.4, -0.2) is 5.11 Å². The van der Waals surface area contributed by atoms with Crippen molar-refractivity contribution in [2.45, 2.75) is 64.4 Å². The van der Waals surface area contributed by atoms with E-state index in [4.69, 9.17) is 0 Å². The molecular weight excluding hydrogens is 220 g/mol. The van der Waals surface area contributed by atoms with Crippen molar-refractivity contribution < 1.29 is 5.11 Å². The van der Waals surface area contributed by atoms with E-state index in [9.17, 15) is 5.11 Å². The Kier molecular flexibility index (Phi) is 4.45. The van der Waals surface area contributed by atoms with E-state index in [0.29, 0.717) is 0 Å². The highest BCUT2D eigenvalue weighted by Crippen LogP contribution is 2.39. The Labute approximate surface area is 111 Å². The van der Waals surface area contributed by atoms with Crippen molar-refractivity contribution in [3.63, 3.8) is 0 Å². The van der Waals surface area contributed by atoms with Crippen LogP contribution in [0.5, 0.6) is 0 Å². The van der Waals surface area contributed by atoms with Crippen molar-refractivity contribution >= 4 is 0 Å². The normalized spacial score (nSPS) is 28.9. The second-order valence-corrected chi connectivity index (χ2v) is 5.99. The van der Waals surface area contributed by atoms with Crippen LogP contribution in [0.1, 0.15) is 63.0 Å². The van der Waals surface area contributed by atoms with Crippen molar-refractivity contribution in [2.75, 3.05) is 0 Å². The fraction of sp³-hybridized carbons (Fsp3) is 0.647. The lowest BCUT2D eigenvalue weighted by atomic mass is 9.85. The molecule has 1 saturated carbocycles. The first-order chi connectivity index (χ1) is 8.64. The molecule has 0 amide bonds. The molecule has 1 aromatic rings. The molecule has 0 aliphatic heterocycles. The smallest absolute Gasteiger partial charge is 0.0896 e. The number of aliphatic hydroxyl groups is 1. The predicted molar refractivity (Wildman–Crippen MR) is 76.6 cm³/mol. The van der Waals surface area contributed by atoms with Crippen LogP contribution in [0, 0.1) is 12.8 Å². The molecule has 100 valence electrons. The molecule has 1 N–H and O–H groups in total. The van der Waals surface area contributed by atoms with Crippen LogP contribution in [0.2, 0.25) is 0 Å². The molecule has 0 spiro atoms. The number of hydrogen-bond acceptors (Lipinski definition) is 1. The highest BCUT2D eigenvalue weighted by Gasteiger charge is 2.32. The van der Waals surface area contributed by atoms with Gasteiger partial charge >= 0.3 is 0 Å². The third-order valence-electron chi connectivity index (χ3n) is 4.42. The van der Waals surface area contributed by atoms with Crippen LogP contribution in [-0.2, 0) is 5.60 Å². The Balaban J connectivity index is 2.11. The van der Waals surface area contributed by atoms with Crippen LogP contribution in [0.3, 0.4) is 0 Å². The zero-order valence-electron chi connectivity index (χ0n) is 11.8. The topological polar surface area (TPSA) is 20.2 Å². The van der Waals surface area contributed by atoms with Gasteiger partial charge in [0.15, 0.2) is 0 Å². The highest BCUT2D eigenvalue weighted by molar-refractivity contribution is 5.27. The van der Waals surface area contributed by atoms with Crippen molar-refractivity contribution in [3.8, 4) is 0 Å². The summed E-state index contributed by atoms with van der Waals surface area (Å²) < 4.78 is 0. The summed E-state index contributed by atoms with van der Waals surface area (Å²) in [4.78, 5) is 0. The molecule has 0 saturated heterocycles. The molecule has 1 aromatic carbocycles. The first-order valence-corrected chi connectivity index (χ1v) is 7.43. The van der Waals surface area contributed by atoms with Gasteiger partial charge in [0.25, 0.3) is 0 Å². The number of benzene rings is 1. The van der Waals surface area contributed by atoms with Crippen LogP contribution >= 0.6 is 0 Å². The van der Waals surface area contributed by atoms with E-state index in [1.165, 1.54) is 31.2 Å². The Morgan fingerprint density at radius 3 is 2.83 bits per heavy atom. The third-order valence-corrected chi connectivity index (χ3v) is 4.42. The maximum absolute atomic E-state index is 10.9. The second-order valence-electron chi connectivity index (χ2n) is 5.99. The number of aryl methyl sites for hydroxylation is 1. The number of hydrogen-bond donors (Lipinski definition) is 1. The van der Waals surface area contributed by atoms with E-state index in [1.807, 2.05) is 0 Å². The summed E-state index contributed by atoms with van der Waals surface area (Å²) in [5, 5.41) is 10.9. The van der Waals surface area contributed by atoms with E-state index in [-0.39, 0.29) is 0 Å². The fourth-order valence-corrected chi connectivity index (χ4v) is 3.32. The van der Waals surface area contributed by atoms with Crippen LogP contribution in [0.4, 0.5) is 0 Å². The summed E-state index contributed by atoms with van der Waals surface area (Å²) in [7, 11) is 0. The van der Waals surface area contributed by atoms with E-state index in [0.717, 1.165) is 30.7 Å². The van der Waals surface area contributed by atoms with Crippen molar-refractivity contribution in [1.82, 2.24) is 0 Å². The number of rotatable bonds is 3. The lowest BCUT2D eigenvalue weighted by Gasteiger charge is -2.27. The van der Waals surface area contributed by atoms with E-state index in [1.54, 1.807) is 0 Å². The van der Waals surface area contributed by atoms with Gasteiger partial charge in [-0.2, -0.15) is 0 Å². The van der Waals surface area contributed by atoms with Crippen molar-refractivity contribution in [1.29, 1.82) is 0 Å². The van der Waals surface area contributed by atoms with E-state index < -0.39 is 5.60 Å². The average Bonchev–Trinajstić information content (AvgIpc) is 2.54. The second kappa shape index (κ2) is 5.88. The molecule has 1 heteroatoms. The van der Waals surface area contributed by atoms with Crippen LogP contribution in [0.15, 0.2) is 24.3 Å². The first kappa shape index (κ1) is 13.6. The summed E-state index contributed by atoms with van der Waals surface area (Å²) >= 11 is 0. The SMILES string of the molecule is CCCC1CCCC(O)(c2cccc(C)c2)CC1. The van der Waals surface area contributed by atoms with Gasteiger partial charge in [-0.25, -0.2) is 0 Å². The van der Waals surface area contributed by atoms with Gasteiger partial charge in [0, 0.05) is 0 Å². The van der Waals surface area contributed by atoms with E-state index >= 15 is 0 Å². The molecule has 2 atom stereocenters. The van der Waals surface area contributed by atoms with Gasteiger partial charge in [0.05, 0.1) is 5.60 Å². The largest absolute Gasteiger partial charge is 0.385 e. The zero-order valence-corrected chi connectivity index (χ0v) is 11.8.